The molecule has 2 amide bonds. The lowest BCUT2D eigenvalue weighted by Crippen LogP contribution is -2.23. The van der Waals surface area contributed by atoms with Crippen LogP contribution < -0.4 is 10.6 Å². The molecule has 14 heavy (non-hydrogen) atoms. The number of benzene rings is 1. The van der Waals surface area contributed by atoms with Crippen LogP contribution in [-0.4, -0.2) is 17.2 Å². The minimum atomic E-state index is -0.143. The lowest BCUT2D eigenvalue weighted by Gasteiger charge is -2.14. The van der Waals surface area contributed by atoms with E-state index in [1.807, 2.05) is 19.1 Å². The second kappa shape index (κ2) is 3.21. The van der Waals surface area contributed by atoms with Crippen LogP contribution in [0.2, 0.25) is 0 Å². The number of hydrogen-bond acceptors (Lipinski definition) is 2. The van der Waals surface area contributed by atoms with Gasteiger partial charge in [-0.25, -0.2) is 4.79 Å². The summed E-state index contributed by atoms with van der Waals surface area (Å²) < 4.78 is 0. The van der Waals surface area contributed by atoms with Gasteiger partial charge in [-0.15, -0.1) is 0 Å². The minimum Gasteiger partial charge on any atom is -0.508 e. The van der Waals surface area contributed by atoms with Crippen molar-refractivity contribution in [3.05, 3.63) is 29.8 Å². The highest BCUT2D eigenvalue weighted by atomic mass is 16.3. The molecule has 1 heterocycles. The van der Waals surface area contributed by atoms with E-state index >= 15 is 0 Å². The number of phenols is 1. The van der Waals surface area contributed by atoms with Crippen molar-refractivity contribution < 1.29 is 9.90 Å². The van der Waals surface area contributed by atoms with E-state index < -0.39 is 0 Å². The molecule has 2 rings (SSSR count). The van der Waals surface area contributed by atoms with Gasteiger partial charge in [0.05, 0.1) is 12.1 Å². The number of aromatic hydroxyl groups is 1. The maximum Gasteiger partial charge on any atom is 0.315 e. The minimum absolute atomic E-state index is 0.0110. The molecular weight excluding hydrogens is 180 g/mol. The molecule has 1 aromatic rings. The molecule has 2 atom stereocenters. The van der Waals surface area contributed by atoms with Gasteiger partial charge in [-0.2, -0.15) is 0 Å². The fourth-order valence-corrected chi connectivity index (χ4v) is 1.65. The van der Waals surface area contributed by atoms with Gasteiger partial charge in [0.15, 0.2) is 0 Å². The van der Waals surface area contributed by atoms with Crippen LogP contribution in [0.1, 0.15) is 18.5 Å². The summed E-state index contributed by atoms with van der Waals surface area (Å²) in [5.41, 5.74) is 0.994. The monoisotopic (exact) mass is 192 g/mol. The lowest BCUT2D eigenvalue weighted by atomic mass is 10.0. The van der Waals surface area contributed by atoms with Crippen molar-refractivity contribution in [1.82, 2.24) is 10.6 Å². The number of phenolic OH excluding ortho intramolecular Hbond substituents is 1. The zero-order chi connectivity index (χ0) is 10.1. The van der Waals surface area contributed by atoms with Gasteiger partial charge in [0.2, 0.25) is 0 Å². The smallest absolute Gasteiger partial charge is 0.315 e. The average Bonchev–Trinajstić information content (AvgIpc) is 2.47. The molecule has 0 bridgehead atoms. The molecular formula is C10H12N2O2. The van der Waals surface area contributed by atoms with E-state index in [-0.39, 0.29) is 23.9 Å². The fourth-order valence-electron chi connectivity index (χ4n) is 1.65. The third-order valence-electron chi connectivity index (χ3n) is 2.40. The largest absolute Gasteiger partial charge is 0.508 e. The van der Waals surface area contributed by atoms with E-state index in [4.69, 9.17) is 5.11 Å². The van der Waals surface area contributed by atoms with Gasteiger partial charge in [0.25, 0.3) is 0 Å². The summed E-state index contributed by atoms with van der Waals surface area (Å²) in [5, 5.41) is 14.7. The van der Waals surface area contributed by atoms with Crippen molar-refractivity contribution in [2.24, 2.45) is 0 Å². The molecule has 0 aromatic heterocycles. The summed E-state index contributed by atoms with van der Waals surface area (Å²) in [6, 6.07) is 6.78. The zero-order valence-corrected chi connectivity index (χ0v) is 7.82. The van der Waals surface area contributed by atoms with E-state index in [9.17, 15) is 4.79 Å². The molecule has 4 heteroatoms. The average molecular weight is 192 g/mol. The topological polar surface area (TPSA) is 61.4 Å². The van der Waals surface area contributed by atoms with Crippen LogP contribution in [-0.2, 0) is 0 Å². The van der Waals surface area contributed by atoms with Crippen LogP contribution in [0.5, 0.6) is 5.75 Å². The third kappa shape index (κ3) is 1.51. The van der Waals surface area contributed by atoms with Crippen LogP contribution in [0.15, 0.2) is 24.3 Å². The van der Waals surface area contributed by atoms with Crippen LogP contribution in [0.4, 0.5) is 4.79 Å². The summed E-state index contributed by atoms with van der Waals surface area (Å²) in [6.45, 7) is 1.94. The number of hydrogen-bond donors (Lipinski definition) is 3. The Morgan fingerprint density at radius 3 is 2.36 bits per heavy atom. The van der Waals surface area contributed by atoms with Gasteiger partial charge in [-0.3, -0.25) is 0 Å². The van der Waals surface area contributed by atoms with Gasteiger partial charge in [0.1, 0.15) is 5.75 Å². The molecule has 0 spiro atoms. The van der Waals surface area contributed by atoms with Crippen molar-refractivity contribution in [2.75, 3.05) is 0 Å². The normalized spacial score (nSPS) is 25.6. The predicted molar refractivity (Wildman–Crippen MR) is 52.0 cm³/mol. The van der Waals surface area contributed by atoms with E-state index in [1.165, 1.54) is 0 Å². The molecule has 1 aromatic carbocycles. The van der Waals surface area contributed by atoms with Gasteiger partial charge in [0, 0.05) is 0 Å². The first kappa shape index (κ1) is 8.87. The Balaban J connectivity index is 2.23. The summed E-state index contributed by atoms with van der Waals surface area (Å²) in [4.78, 5) is 11.0. The maximum absolute atomic E-state index is 11.0. The Labute approximate surface area is 81.9 Å². The van der Waals surface area contributed by atoms with Crippen LogP contribution in [0.25, 0.3) is 0 Å². The maximum atomic E-state index is 11.0. The summed E-state index contributed by atoms with van der Waals surface area (Å²) >= 11 is 0. The van der Waals surface area contributed by atoms with Gasteiger partial charge in [-0.05, 0) is 24.6 Å². The number of rotatable bonds is 1. The molecule has 3 N–H and O–H groups in total. The number of nitrogens with one attached hydrogen (secondary N) is 2. The van der Waals surface area contributed by atoms with E-state index in [0.717, 1.165) is 5.56 Å². The highest BCUT2D eigenvalue weighted by molar-refractivity contribution is 5.77. The highest BCUT2D eigenvalue weighted by Gasteiger charge is 2.28. The Morgan fingerprint density at radius 1 is 1.21 bits per heavy atom. The molecule has 0 saturated carbocycles. The van der Waals surface area contributed by atoms with Crippen LogP contribution in [0.3, 0.4) is 0 Å². The molecule has 74 valence electrons. The molecule has 4 nitrogen and oxygen atoms in total. The Bertz CT molecular complexity index is 348. The van der Waals surface area contributed by atoms with E-state index in [2.05, 4.69) is 10.6 Å². The number of urea groups is 1. The summed E-state index contributed by atoms with van der Waals surface area (Å²) in [7, 11) is 0. The molecule has 0 radical (unpaired) electrons. The molecule has 1 aliphatic rings. The van der Waals surface area contributed by atoms with Crippen molar-refractivity contribution >= 4 is 6.03 Å². The van der Waals surface area contributed by atoms with Gasteiger partial charge in [-0.1, -0.05) is 12.1 Å². The number of carbonyl (C=O) groups is 1. The third-order valence-corrected chi connectivity index (χ3v) is 2.40. The lowest BCUT2D eigenvalue weighted by molar-refractivity contribution is 0.247. The van der Waals surface area contributed by atoms with E-state index in [1.54, 1.807) is 12.1 Å². The van der Waals surface area contributed by atoms with Crippen LogP contribution >= 0.6 is 0 Å². The fraction of sp³-hybridized carbons (Fsp3) is 0.300. The molecule has 1 saturated heterocycles. The first-order valence-electron chi connectivity index (χ1n) is 4.53. The standard InChI is InChI=1S/C10H12N2O2/c1-6-9(12-10(14)11-6)7-2-4-8(13)5-3-7/h2-6,9,13H,1H3,(H2,11,12,14). The van der Waals surface area contributed by atoms with Gasteiger partial charge < -0.3 is 15.7 Å². The number of amides is 2. The molecule has 1 fully saturated rings. The molecule has 1 aliphatic heterocycles. The van der Waals surface area contributed by atoms with Crippen molar-refractivity contribution in [3.8, 4) is 5.75 Å². The quantitative estimate of drug-likeness (QED) is 0.624. The first-order valence-corrected chi connectivity index (χ1v) is 4.53. The first-order chi connectivity index (χ1) is 6.66. The SMILES string of the molecule is CC1NC(=O)NC1c1ccc(O)cc1. The van der Waals surface area contributed by atoms with E-state index in [0.29, 0.717) is 0 Å². The zero-order valence-electron chi connectivity index (χ0n) is 7.82. The van der Waals surface area contributed by atoms with Crippen molar-refractivity contribution in [2.45, 2.75) is 19.0 Å². The van der Waals surface area contributed by atoms with Gasteiger partial charge >= 0.3 is 6.03 Å². The second-order valence-electron chi connectivity index (χ2n) is 3.48. The summed E-state index contributed by atoms with van der Waals surface area (Å²) in [5.74, 6) is 0.235. The summed E-state index contributed by atoms with van der Waals surface area (Å²) in [6.07, 6.45) is 0. The predicted octanol–water partition coefficient (Wildman–Crippen LogP) is 1.13. The Morgan fingerprint density at radius 2 is 1.86 bits per heavy atom. The molecule has 0 aliphatic carbocycles. The number of carbonyl (C=O) groups excluding carboxylic acids is 1. The van der Waals surface area contributed by atoms with Crippen LogP contribution in [0, 0.1) is 0 Å². The highest BCUT2D eigenvalue weighted by Crippen LogP contribution is 2.22. The van der Waals surface area contributed by atoms with Crippen molar-refractivity contribution in [3.63, 3.8) is 0 Å². The molecule has 2 unspecified atom stereocenters. The Kier molecular flexibility index (Phi) is 2.04. The van der Waals surface area contributed by atoms with Crippen molar-refractivity contribution in [1.29, 1.82) is 0 Å². The second-order valence-corrected chi connectivity index (χ2v) is 3.48. The Hall–Kier alpha value is -1.71.